The number of likely N-dealkylation sites (N-methyl/N-ethyl adjacent to an activating group) is 1. The van der Waals surface area contributed by atoms with Crippen LogP contribution in [0.1, 0.15) is 48.0 Å². The summed E-state index contributed by atoms with van der Waals surface area (Å²) in [6.07, 6.45) is 0.414. The van der Waals surface area contributed by atoms with E-state index < -0.39 is 11.6 Å². The molecule has 9 heteroatoms. The van der Waals surface area contributed by atoms with E-state index in [9.17, 15) is 14.4 Å². The molecule has 1 fully saturated rings. The fraction of sp³-hybridized carbons (Fsp3) is 0.389. The maximum atomic E-state index is 13.3. The van der Waals surface area contributed by atoms with Crippen LogP contribution in [-0.2, 0) is 9.59 Å². The van der Waals surface area contributed by atoms with E-state index in [0.717, 1.165) is 5.01 Å². The molecule has 27 heavy (non-hydrogen) atoms. The second-order valence-electron chi connectivity index (χ2n) is 6.98. The van der Waals surface area contributed by atoms with Gasteiger partial charge in [-0.3, -0.25) is 24.6 Å². The molecule has 8 nitrogen and oxygen atoms in total. The number of hydrogen-bond acceptors (Lipinski definition) is 6. The van der Waals surface area contributed by atoms with Crippen molar-refractivity contribution in [2.45, 2.75) is 38.3 Å². The molecule has 3 amide bonds. The summed E-state index contributed by atoms with van der Waals surface area (Å²) in [5.41, 5.74) is -0.512. The molecule has 1 aromatic carbocycles. The van der Waals surface area contributed by atoms with Gasteiger partial charge >= 0.3 is 0 Å². The van der Waals surface area contributed by atoms with Crippen molar-refractivity contribution in [2.24, 2.45) is 0 Å². The monoisotopic (exact) mass is 385 g/mol. The predicted octanol–water partition coefficient (Wildman–Crippen LogP) is 2.21. The molecule has 1 saturated heterocycles. The number of carbonyl (C=O) groups is 3. The molecular weight excluding hydrogens is 366 g/mol. The lowest BCUT2D eigenvalue weighted by molar-refractivity contribution is -0.128. The van der Waals surface area contributed by atoms with Crippen molar-refractivity contribution in [3.8, 4) is 0 Å². The molecule has 0 spiro atoms. The molecule has 140 valence electrons. The van der Waals surface area contributed by atoms with Gasteiger partial charge in [-0.15, -0.1) is 10.2 Å². The van der Waals surface area contributed by atoms with Crippen LogP contribution in [0.15, 0.2) is 24.3 Å². The van der Waals surface area contributed by atoms with Gasteiger partial charge in [-0.2, -0.15) is 0 Å². The number of carbonyl (C=O) groups excluding carboxylic acids is 3. The van der Waals surface area contributed by atoms with E-state index in [1.165, 1.54) is 21.1 Å². The van der Waals surface area contributed by atoms with Crippen LogP contribution in [0.2, 0.25) is 0 Å². The first-order valence-electron chi connectivity index (χ1n) is 8.71. The molecule has 1 atom stereocenters. The van der Waals surface area contributed by atoms with Crippen molar-refractivity contribution in [2.75, 3.05) is 17.3 Å². The Morgan fingerprint density at radius 2 is 2.00 bits per heavy atom. The van der Waals surface area contributed by atoms with Crippen LogP contribution < -0.4 is 10.2 Å². The lowest BCUT2D eigenvalue weighted by Gasteiger charge is -2.47. The topological polar surface area (TPSA) is 95.5 Å². The molecule has 3 heterocycles. The first kappa shape index (κ1) is 17.6. The summed E-state index contributed by atoms with van der Waals surface area (Å²) in [5.74, 6) is -0.726. The van der Waals surface area contributed by atoms with Crippen molar-refractivity contribution < 1.29 is 14.4 Å². The Kier molecular flexibility index (Phi) is 3.99. The van der Waals surface area contributed by atoms with E-state index in [1.54, 1.807) is 31.3 Å². The smallest absolute Gasteiger partial charge is 0.273 e. The quantitative estimate of drug-likeness (QED) is 0.874. The minimum Gasteiger partial charge on any atom is -0.310 e. The van der Waals surface area contributed by atoms with Crippen LogP contribution in [0.5, 0.6) is 0 Å². The Morgan fingerprint density at radius 3 is 2.70 bits per heavy atom. The number of nitrogens with one attached hydrogen (secondary N) is 1. The normalized spacial score (nSPS) is 21.5. The summed E-state index contributed by atoms with van der Waals surface area (Å²) >= 11 is 1.29. The number of benzene rings is 1. The molecule has 0 unspecified atom stereocenters. The number of anilines is 2. The maximum absolute atomic E-state index is 13.3. The zero-order chi connectivity index (χ0) is 19.3. The zero-order valence-corrected chi connectivity index (χ0v) is 16.0. The van der Waals surface area contributed by atoms with Crippen molar-refractivity contribution in [1.29, 1.82) is 0 Å². The van der Waals surface area contributed by atoms with Crippen LogP contribution in [0.25, 0.3) is 0 Å². The fourth-order valence-electron chi connectivity index (χ4n) is 3.64. The molecular formula is C18H19N5O3S. The highest BCUT2D eigenvalue weighted by Gasteiger charge is 2.59. The van der Waals surface area contributed by atoms with Crippen LogP contribution >= 0.6 is 11.3 Å². The van der Waals surface area contributed by atoms with Gasteiger partial charge in [0.1, 0.15) is 5.01 Å². The van der Waals surface area contributed by atoms with E-state index in [2.05, 4.69) is 15.5 Å². The maximum Gasteiger partial charge on any atom is 0.273 e. The summed E-state index contributed by atoms with van der Waals surface area (Å²) in [6.45, 7) is 3.99. The second-order valence-corrected chi connectivity index (χ2v) is 7.99. The Balaban J connectivity index is 1.76. The first-order chi connectivity index (χ1) is 12.9. The molecule has 0 bridgehead atoms. The van der Waals surface area contributed by atoms with Gasteiger partial charge in [-0.25, -0.2) is 0 Å². The lowest BCUT2D eigenvalue weighted by Crippen LogP contribution is -2.68. The molecule has 2 aliphatic rings. The van der Waals surface area contributed by atoms with E-state index in [0.29, 0.717) is 16.4 Å². The van der Waals surface area contributed by atoms with Crippen molar-refractivity contribution >= 4 is 39.9 Å². The number of nitrogens with zero attached hydrogens (tertiary/aromatic N) is 4. The molecule has 4 rings (SSSR count). The van der Waals surface area contributed by atoms with Gasteiger partial charge < -0.3 is 4.90 Å². The predicted molar refractivity (Wildman–Crippen MR) is 101 cm³/mol. The van der Waals surface area contributed by atoms with Crippen LogP contribution in [0.3, 0.4) is 0 Å². The van der Waals surface area contributed by atoms with Gasteiger partial charge in [0.15, 0.2) is 0 Å². The zero-order valence-electron chi connectivity index (χ0n) is 15.2. The number of fused-ring (bicyclic) bond motifs is 3. The third-order valence-electron chi connectivity index (χ3n) is 5.06. The SMILES string of the molecule is CC(C)c1nnc(NC(=O)[C@]23CCC(=O)N2c2ccccc2C(=O)N3C)s1. The molecule has 0 radical (unpaired) electrons. The van der Waals surface area contributed by atoms with E-state index in [-0.39, 0.29) is 30.6 Å². The summed E-state index contributed by atoms with van der Waals surface area (Å²) in [7, 11) is 1.56. The van der Waals surface area contributed by atoms with E-state index in [4.69, 9.17) is 0 Å². The van der Waals surface area contributed by atoms with Gasteiger partial charge in [0, 0.05) is 25.8 Å². The Labute approximate surface area is 160 Å². The molecule has 2 aromatic rings. The number of para-hydroxylation sites is 1. The van der Waals surface area contributed by atoms with E-state index >= 15 is 0 Å². The standard InChI is InChI=1S/C18H19N5O3S/c1-10(2)14-20-21-17(27-14)19-16(26)18-9-8-13(24)23(18)12-7-5-4-6-11(12)15(25)22(18)3/h4-7,10H,8-9H2,1-3H3,(H,19,21,26)/t18-/m0/s1. The molecule has 1 aromatic heterocycles. The van der Waals surface area contributed by atoms with Crippen molar-refractivity contribution in [1.82, 2.24) is 15.1 Å². The van der Waals surface area contributed by atoms with Gasteiger partial charge in [-0.05, 0) is 12.1 Å². The highest BCUT2D eigenvalue weighted by atomic mass is 32.1. The average molecular weight is 385 g/mol. The summed E-state index contributed by atoms with van der Waals surface area (Å²) in [5, 5.41) is 12.0. The number of amides is 3. The second kappa shape index (κ2) is 6.12. The summed E-state index contributed by atoms with van der Waals surface area (Å²) in [6, 6.07) is 6.87. The summed E-state index contributed by atoms with van der Waals surface area (Å²) < 4.78 is 0. The molecule has 2 aliphatic heterocycles. The van der Waals surface area contributed by atoms with Crippen molar-refractivity contribution in [3.05, 3.63) is 34.8 Å². The van der Waals surface area contributed by atoms with Gasteiger partial charge in [0.05, 0.1) is 11.3 Å². The van der Waals surface area contributed by atoms with Gasteiger partial charge in [0.25, 0.3) is 11.8 Å². The minimum absolute atomic E-state index is 0.183. The van der Waals surface area contributed by atoms with Crippen LogP contribution in [0, 0.1) is 0 Å². The number of aromatic nitrogens is 2. The molecule has 0 saturated carbocycles. The molecule has 1 N–H and O–H groups in total. The third kappa shape index (κ3) is 2.45. The van der Waals surface area contributed by atoms with Gasteiger partial charge in [0.2, 0.25) is 16.7 Å². The Morgan fingerprint density at radius 1 is 1.26 bits per heavy atom. The van der Waals surface area contributed by atoms with Gasteiger partial charge in [-0.1, -0.05) is 37.3 Å². The number of hydrogen-bond donors (Lipinski definition) is 1. The Bertz CT molecular complexity index is 956. The molecule has 0 aliphatic carbocycles. The lowest BCUT2D eigenvalue weighted by atomic mass is 9.96. The average Bonchev–Trinajstić information content (AvgIpc) is 3.25. The minimum atomic E-state index is -1.40. The largest absolute Gasteiger partial charge is 0.310 e. The number of rotatable bonds is 3. The highest BCUT2D eigenvalue weighted by molar-refractivity contribution is 7.15. The summed E-state index contributed by atoms with van der Waals surface area (Å²) in [4.78, 5) is 41.7. The van der Waals surface area contributed by atoms with Crippen LogP contribution in [-0.4, -0.2) is 45.5 Å². The van der Waals surface area contributed by atoms with E-state index in [1.807, 2.05) is 13.8 Å². The fourth-order valence-corrected chi connectivity index (χ4v) is 4.38. The van der Waals surface area contributed by atoms with Crippen molar-refractivity contribution in [3.63, 3.8) is 0 Å². The third-order valence-corrected chi connectivity index (χ3v) is 6.20. The van der Waals surface area contributed by atoms with Crippen LogP contribution in [0.4, 0.5) is 10.8 Å². The first-order valence-corrected chi connectivity index (χ1v) is 9.53. The Hall–Kier alpha value is -2.81. The highest BCUT2D eigenvalue weighted by Crippen LogP contribution is 2.44.